The SMILES string of the molecule is CC(C)n1c(Sc2cc(NN)ncn2)n[nH]c1=O. The molecule has 2 heterocycles. The molecule has 0 aliphatic rings. The van der Waals surface area contributed by atoms with Gasteiger partial charge in [0, 0.05) is 12.1 Å². The van der Waals surface area contributed by atoms with Gasteiger partial charge < -0.3 is 5.43 Å². The molecule has 18 heavy (non-hydrogen) atoms. The van der Waals surface area contributed by atoms with Gasteiger partial charge in [-0.05, 0) is 25.6 Å². The maximum absolute atomic E-state index is 11.6. The fourth-order valence-corrected chi connectivity index (χ4v) is 2.33. The van der Waals surface area contributed by atoms with Gasteiger partial charge in [-0.15, -0.1) is 5.10 Å². The van der Waals surface area contributed by atoms with Gasteiger partial charge in [0.15, 0.2) is 5.16 Å². The van der Waals surface area contributed by atoms with Crippen molar-refractivity contribution < 1.29 is 0 Å². The number of nitrogens with two attached hydrogens (primary N) is 1. The Labute approximate surface area is 107 Å². The van der Waals surface area contributed by atoms with Crippen molar-refractivity contribution in [2.24, 2.45) is 5.84 Å². The third-order valence-electron chi connectivity index (χ3n) is 2.17. The number of nitrogen functional groups attached to an aromatic ring is 1. The van der Waals surface area contributed by atoms with Crippen molar-refractivity contribution in [1.29, 1.82) is 0 Å². The average Bonchev–Trinajstić information content (AvgIpc) is 2.70. The lowest BCUT2D eigenvalue weighted by Gasteiger charge is -2.08. The number of rotatable bonds is 4. The molecule has 0 saturated heterocycles. The number of nitrogens with zero attached hydrogens (tertiary/aromatic N) is 4. The summed E-state index contributed by atoms with van der Waals surface area (Å²) >= 11 is 1.27. The van der Waals surface area contributed by atoms with Crippen LogP contribution < -0.4 is 17.0 Å². The normalized spacial score (nSPS) is 10.9. The second-order valence-corrected chi connectivity index (χ2v) is 4.75. The molecule has 9 heteroatoms. The predicted molar refractivity (Wildman–Crippen MR) is 67.2 cm³/mol. The van der Waals surface area contributed by atoms with Gasteiger partial charge >= 0.3 is 5.69 Å². The Morgan fingerprint density at radius 2 is 2.28 bits per heavy atom. The molecular weight excluding hydrogens is 254 g/mol. The second-order valence-electron chi connectivity index (χ2n) is 3.76. The predicted octanol–water partition coefficient (Wildman–Crippen LogP) is 0.379. The minimum Gasteiger partial charge on any atom is -0.308 e. The smallest absolute Gasteiger partial charge is 0.308 e. The van der Waals surface area contributed by atoms with Crippen molar-refractivity contribution in [3.05, 3.63) is 22.9 Å². The summed E-state index contributed by atoms with van der Waals surface area (Å²) < 4.78 is 1.56. The van der Waals surface area contributed by atoms with Crippen LogP contribution >= 0.6 is 11.8 Å². The number of H-pyrrole nitrogens is 1. The molecule has 0 unspecified atom stereocenters. The number of hydrazine groups is 1. The van der Waals surface area contributed by atoms with Crippen molar-refractivity contribution in [1.82, 2.24) is 24.7 Å². The Morgan fingerprint density at radius 1 is 1.50 bits per heavy atom. The second kappa shape index (κ2) is 5.19. The van der Waals surface area contributed by atoms with Crippen LogP contribution in [-0.2, 0) is 0 Å². The molecule has 2 aromatic rings. The van der Waals surface area contributed by atoms with Crippen LogP contribution in [0.4, 0.5) is 5.82 Å². The standard InChI is InChI=1S/C9H13N7OS/c1-5(2)16-8(17)14-15-9(16)18-7-3-6(13-10)11-4-12-7/h3-5H,10H2,1-2H3,(H,14,17)(H,11,12,13). The van der Waals surface area contributed by atoms with Gasteiger partial charge in [0.2, 0.25) is 0 Å². The van der Waals surface area contributed by atoms with Gasteiger partial charge in [-0.25, -0.2) is 25.7 Å². The van der Waals surface area contributed by atoms with Crippen molar-refractivity contribution in [2.75, 3.05) is 5.43 Å². The number of hydrogen-bond donors (Lipinski definition) is 3. The molecular formula is C9H13N7OS. The van der Waals surface area contributed by atoms with E-state index in [0.29, 0.717) is 16.0 Å². The van der Waals surface area contributed by atoms with Gasteiger partial charge in [-0.1, -0.05) is 0 Å². The zero-order valence-electron chi connectivity index (χ0n) is 9.91. The number of nitrogens with one attached hydrogen (secondary N) is 2. The molecule has 96 valence electrons. The summed E-state index contributed by atoms with van der Waals surface area (Å²) in [6.45, 7) is 3.82. The van der Waals surface area contributed by atoms with E-state index in [4.69, 9.17) is 5.84 Å². The average molecular weight is 267 g/mol. The quantitative estimate of drug-likeness (QED) is 0.416. The molecule has 2 aromatic heterocycles. The van der Waals surface area contributed by atoms with Gasteiger partial charge in [0.25, 0.3) is 0 Å². The topological polar surface area (TPSA) is 115 Å². The molecule has 0 aliphatic heterocycles. The number of aromatic nitrogens is 5. The van der Waals surface area contributed by atoms with E-state index in [1.807, 2.05) is 13.8 Å². The number of aromatic amines is 1. The zero-order valence-corrected chi connectivity index (χ0v) is 10.7. The maximum atomic E-state index is 11.6. The lowest BCUT2D eigenvalue weighted by Crippen LogP contribution is -2.19. The van der Waals surface area contributed by atoms with Crippen LogP contribution in [-0.4, -0.2) is 24.7 Å². The molecule has 0 atom stereocenters. The van der Waals surface area contributed by atoms with Crippen molar-refractivity contribution >= 4 is 17.6 Å². The lowest BCUT2D eigenvalue weighted by molar-refractivity contribution is 0.534. The highest BCUT2D eigenvalue weighted by molar-refractivity contribution is 7.99. The Kier molecular flexibility index (Phi) is 3.63. The summed E-state index contributed by atoms with van der Waals surface area (Å²) in [5.74, 6) is 5.77. The Hall–Kier alpha value is -1.87. The van der Waals surface area contributed by atoms with E-state index >= 15 is 0 Å². The number of anilines is 1. The van der Waals surface area contributed by atoms with Gasteiger partial charge in [0.05, 0.1) is 0 Å². The molecule has 0 aliphatic carbocycles. The van der Waals surface area contributed by atoms with Crippen LogP contribution in [0, 0.1) is 0 Å². The Morgan fingerprint density at radius 3 is 2.94 bits per heavy atom. The van der Waals surface area contributed by atoms with Gasteiger partial charge in [-0.2, -0.15) is 0 Å². The van der Waals surface area contributed by atoms with E-state index in [2.05, 4.69) is 25.6 Å². The summed E-state index contributed by atoms with van der Waals surface area (Å²) in [6, 6.07) is 1.70. The summed E-state index contributed by atoms with van der Waals surface area (Å²) in [6.07, 6.45) is 1.39. The van der Waals surface area contributed by atoms with Crippen LogP contribution in [0.2, 0.25) is 0 Å². The third-order valence-corrected chi connectivity index (χ3v) is 3.08. The first-order valence-corrected chi connectivity index (χ1v) is 6.07. The fourth-order valence-electron chi connectivity index (χ4n) is 1.39. The Bertz CT molecular complexity index is 591. The van der Waals surface area contributed by atoms with E-state index < -0.39 is 0 Å². The minimum absolute atomic E-state index is 0.0210. The monoisotopic (exact) mass is 267 g/mol. The summed E-state index contributed by atoms with van der Waals surface area (Å²) in [7, 11) is 0. The zero-order chi connectivity index (χ0) is 13.1. The van der Waals surface area contributed by atoms with E-state index in [1.165, 1.54) is 18.1 Å². The Balaban J connectivity index is 2.31. The first-order chi connectivity index (χ1) is 8.61. The molecule has 0 bridgehead atoms. The molecule has 0 fully saturated rings. The van der Waals surface area contributed by atoms with Crippen LogP contribution in [0.1, 0.15) is 19.9 Å². The van der Waals surface area contributed by atoms with E-state index in [9.17, 15) is 4.79 Å². The van der Waals surface area contributed by atoms with Gasteiger partial charge in [-0.3, -0.25) is 4.57 Å². The van der Waals surface area contributed by atoms with Crippen molar-refractivity contribution in [3.8, 4) is 0 Å². The van der Waals surface area contributed by atoms with E-state index in [0.717, 1.165) is 0 Å². The van der Waals surface area contributed by atoms with Crippen LogP contribution in [0.5, 0.6) is 0 Å². The van der Waals surface area contributed by atoms with Crippen molar-refractivity contribution in [3.63, 3.8) is 0 Å². The lowest BCUT2D eigenvalue weighted by atomic mass is 10.4. The number of hydrogen-bond acceptors (Lipinski definition) is 7. The molecule has 0 aromatic carbocycles. The molecule has 0 radical (unpaired) electrons. The van der Waals surface area contributed by atoms with E-state index in [1.54, 1.807) is 10.6 Å². The minimum atomic E-state index is -0.237. The van der Waals surface area contributed by atoms with Crippen LogP contribution in [0.3, 0.4) is 0 Å². The van der Waals surface area contributed by atoms with E-state index in [-0.39, 0.29) is 11.7 Å². The molecule has 2 rings (SSSR count). The van der Waals surface area contributed by atoms with Crippen molar-refractivity contribution in [2.45, 2.75) is 30.1 Å². The molecule has 4 N–H and O–H groups in total. The van der Waals surface area contributed by atoms with Gasteiger partial charge in [0.1, 0.15) is 17.2 Å². The molecule has 8 nitrogen and oxygen atoms in total. The highest BCUT2D eigenvalue weighted by Gasteiger charge is 2.13. The first kappa shape index (κ1) is 12.6. The molecule has 0 amide bonds. The fraction of sp³-hybridized carbons (Fsp3) is 0.333. The third kappa shape index (κ3) is 2.51. The first-order valence-electron chi connectivity index (χ1n) is 5.25. The molecule has 0 saturated carbocycles. The molecule has 0 spiro atoms. The highest BCUT2D eigenvalue weighted by atomic mass is 32.2. The highest BCUT2D eigenvalue weighted by Crippen LogP contribution is 2.25. The van der Waals surface area contributed by atoms with Crippen LogP contribution in [0.25, 0.3) is 0 Å². The maximum Gasteiger partial charge on any atom is 0.344 e. The van der Waals surface area contributed by atoms with Crippen LogP contribution in [0.15, 0.2) is 27.4 Å². The summed E-state index contributed by atoms with van der Waals surface area (Å²) in [5, 5.41) is 7.59. The summed E-state index contributed by atoms with van der Waals surface area (Å²) in [5.41, 5.74) is 2.20. The largest absolute Gasteiger partial charge is 0.344 e. The summed E-state index contributed by atoms with van der Waals surface area (Å²) in [4.78, 5) is 19.5.